The highest BCUT2D eigenvalue weighted by Gasteiger charge is 2.14. The number of aryl methyl sites for hydroxylation is 3. The van der Waals surface area contributed by atoms with Crippen LogP contribution >= 0.6 is 11.3 Å². The van der Waals surface area contributed by atoms with Crippen molar-refractivity contribution in [2.45, 2.75) is 20.8 Å². The van der Waals surface area contributed by atoms with E-state index in [2.05, 4.69) is 27.8 Å². The molecular weight excluding hydrogens is 318 g/mol. The van der Waals surface area contributed by atoms with Crippen molar-refractivity contribution in [3.05, 3.63) is 70.2 Å². The molecule has 3 rings (SSSR count). The van der Waals surface area contributed by atoms with Crippen LogP contribution in [0.3, 0.4) is 0 Å². The number of amides is 1. The van der Waals surface area contributed by atoms with E-state index in [9.17, 15) is 4.79 Å². The topological polar surface area (TPSA) is 54.0 Å². The summed E-state index contributed by atoms with van der Waals surface area (Å²) in [6.45, 7) is 6.05. The molecule has 5 heteroatoms. The summed E-state index contributed by atoms with van der Waals surface area (Å²) in [5.41, 5.74) is 5.52. The summed E-state index contributed by atoms with van der Waals surface area (Å²) in [5.74, 6) is -0.192. The number of anilines is 3. The van der Waals surface area contributed by atoms with E-state index in [1.54, 1.807) is 5.38 Å². The minimum atomic E-state index is -0.192. The molecule has 0 saturated heterocycles. The molecule has 0 aliphatic heterocycles. The molecule has 24 heavy (non-hydrogen) atoms. The van der Waals surface area contributed by atoms with Gasteiger partial charge in [0.05, 0.1) is 0 Å². The van der Waals surface area contributed by atoms with Crippen LogP contribution in [0.15, 0.2) is 47.8 Å². The number of aromatic nitrogens is 1. The third-order valence-electron chi connectivity index (χ3n) is 3.68. The highest BCUT2D eigenvalue weighted by atomic mass is 32.1. The minimum absolute atomic E-state index is 0.192. The maximum absolute atomic E-state index is 12.5. The van der Waals surface area contributed by atoms with Crippen LogP contribution in [0.5, 0.6) is 0 Å². The number of nitrogens with one attached hydrogen (secondary N) is 2. The molecule has 0 saturated carbocycles. The Morgan fingerprint density at radius 1 is 1.04 bits per heavy atom. The summed E-state index contributed by atoms with van der Waals surface area (Å²) in [6.07, 6.45) is 0. The average molecular weight is 337 g/mol. The Labute approximate surface area is 145 Å². The predicted octanol–water partition coefficient (Wildman–Crippen LogP) is 5.06. The molecule has 2 aromatic carbocycles. The predicted molar refractivity (Wildman–Crippen MR) is 100 cm³/mol. The van der Waals surface area contributed by atoms with Crippen molar-refractivity contribution in [2.24, 2.45) is 0 Å². The molecule has 1 aromatic heterocycles. The molecular formula is C19H19N3OS. The van der Waals surface area contributed by atoms with Crippen LogP contribution in [-0.4, -0.2) is 10.9 Å². The van der Waals surface area contributed by atoms with Gasteiger partial charge >= 0.3 is 0 Å². The first-order valence-corrected chi connectivity index (χ1v) is 8.57. The quantitative estimate of drug-likeness (QED) is 0.699. The standard InChI is InChI=1S/C19H19N3OS/c1-12-9-13(2)17(14(3)10-12)22-18(23)16-11-24-19(21-16)20-15-7-5-4-6-8-15/h4-11H,1-3H3,(H,20,21)(H,22,23). The smallest absolute Gasteiger partial charge is 0.275 e. The summed E-state index contributed by atoms with van der Waals surface area (Å²) in [7, 11) is 0. The lowest BCUT2D eigenvalue weighted by atomic mass is 10.1. The van der Waals surface area contributed by atoms with Crippen molar-refractivity contribution >= 4 is 33.8 Å². The zero-order valence-electron chi connectivity index (χ0n) is 13.9. The van der Waals surface area contributed by atoms with E-state index in [1.807, 2.05) is 51.1 Å². The SMILES string of the molecule is Cc1cc(C)c(NC(=O)c2csc(Nc3ccccc3)n2)c(C)c1. The van der Waals surface area contributed by atoms with Crippen molar-refractivity contribution in [2.75, 3.05) is 10.6 Å². The third kappa shape index (κ3) is 3.63. The maximum Gasteiger partial charge on any atom is 0.275 e. The van der Waals surface area contributed by atoms with Gasteiger partial charge in [-0.2, -0.15) is 0 Å². The van der Waals surface area contributed by atoms with Gasteiger partial charge in [0.2, 0.25) is 0 Å². The molecule has 0 aliphatic rings. The number of para-hydroxylation sites is 1. The zero-order chi connectivity index (χ0) is 17.1. The van der Waals surface area contributed by atoms with E-state index in [0.717, 1.165) is 22.5 Å². The normalized spacial score (nSPS) is 10.5. The summed E-state index contributed by atoms with van der Waals surface area (Å²) < 4.78 is 0. The maximum atomic E-state index is 12.5. The van der Waals surface area contributed by atoms with Gasteiger partial charge in [0.25, 0.3) is 5.91 Å². The van der Waals surface area contributed by atoms with E-state index in [4.69, 9.17) is 0 Å². The van der Waals surface area contributed by atoms with E-state index < -0.39 is 0 Å². The van der Waals surface area contributed by atoms with Crippen LogP contribution in [0.4, 0.5) is 16.5 Å². The molecule has 0 radical (unpaired) electrons. The highest BCUT2D eigenvalue weighted by molar-refractivity contribution is 7.14. The lowest BCUT2D eigenvalue weighted by molar-refractivity contribution is 0.102. The van der Waals surface area contributed by atoms with Gasteiger partial charge < -0.3 is 10.6 Å². The van der Waals surface area contributed by atoms with Crippen molar-refractivity contribution in [1.29, 1.82) is 0 Å². The number of nitrogens with zero attached hydrogens (tertiary/aromatic N) is 1. The number of hydrogen-bond acceptors (Lipinski definition) is 4. The third-order valence-corrected chi connectivity index (χ3v) is 4.44. The molecule has 0 bridgehead atoms. The molecule has 0 unspecified atom stereocenters. The molecule has 3 aromatic rings. The summed E-state index contributed by atoms with van der Waals surface area (Å²) in [6, 6.07) is 13.9. The van der Waals surface area contributed by atoms with Gasteiger partial charge in [-0.05, 0) is 44.0 Å². The first kappa shape index (κ1) is 16.2. The second-order valence-corrected chi connectivity index (χ2v) is 6.61. The second-order valence-electron chi connectivity index (χ2n) is 5.76. The van der Waals surface area contributed by atoms with Crippen molar-refractivity contribution in [1.82, 2.24) is 4.98 Å². The fourth-order valence-electron chi connectivity index (χ4n) is 2.64. The first-order valence-electron chi connectivity index (χ1n) is 7.70. The van der Waals surface area contributed by atoms with Gasteiger partial charge in [-0.1, -0.05) is 35.9 Å². The molecule has 1 amide bonds. The van der Waals surface area contributed by atoms with Crippen LogP contribution in [0, 0.1) is 20.8 Å². The highest BCUT2D eigenvalue weighted by Crippen LogP contribution is 2.24. The van der Waals surface area contributed by atoms with Gasteiger partial charge in [0.15, 0.2) is 5.13 Å². The summed E-state index contributed by atoms with van der Waals surface area (Å²) >= 11 is 1.41. The number of hydrogen-bond donors (Lipinski definition) is 2. The molecule has 122 valence electrons. The average Bonchev–Trinajstić information content (AvgIpc) is 3.00. The molecule has 0 fully saturated rings. The molecule has 0 aliphatic carbocycles. The first-order chi connectivity index (χ1) is 11.5. The lowest BCUT2D eigenvalue weighted by Crippen LogP contribution is -2.14. The Hall–Kier alpha value is -2.66. The second kappa shape index (κ2) is 6.84. The fourth-order valence-corrected chi connectivity index (χ4v) is 3.35. The largest absolute Gasteiger partial charge is 0.332 e. The van der Waals surface area contributed by atoms with Gasteiger partial charge in [0, 0.05) is 16.8 Å². The lowest BCUT2D eigenvalue weighted by Gasteiger charge is -2.11. The van der Waals surface area contributed by atoms with Crippen molar-refractivity contribution in [3.63, 3.8) is 0 Å². The Kier molecular flexibility index (Phi) is 4.62. The summed E-state index contributed by atoms with van der Waals surface area (Å²) in [5, 5.41) is 8.64. The molecule has 0 atom stereocenters. The van der Waals surface area contributed by atoms with E-state index >= 15 is 0 Å². The van der Waals surface area contributed by atoms with Gasteiger partial charge in [0.1, 0.15) is 5.69 Å². The minimum Gasteiger partial charge on any atom is -0.332 e. The Bertz CT molecular complexity index is 848. The number of benzene rings is 2. The Balaban J connectivity index is 1.75. The van der Waals surface area contributed by atoms with Crippen LogP contribution in [0.1, 0.15) is 27.2 Å². The van der Waals surface area contributed by atoms with Crippen molar-refractivity contribution < 1.29 is 4.79 Å². The number of carbonyl (C=O) groups is 1. The Morgan fingerprint density at radius 3 is 2.38 bits per heavy atom. The van der Waals surface area contributed by atoms with Gasteiger partial charge in [-0.25, -0.2) is 4.98 Å². The van der Waals surface area contributed by atoms with E-state index in [1.165, 1.54) is 16.9 Å². The molecule has 2 N–H and O–H groups in total. The zero-order valence-corrected chi connectivity index (χ0v) is 14.7. The molecule has 1 heterocycles. The Morgan fingerprint density at radius 2 is 1.71 bits per heavy atom. The summed E-state index contributed by atoms with van der Waals surface area (Å²) in [4.78, 5) is 16.8. The monoisotopic (exact) mass is 337 g/mol. The van der Waals surface area contributed by atoms with Crippen LogP contribution in [-0.2, 0) is 0 Å². The molecule has 4 nitrogen and oxygen atoms in total. The number of thiazole rings is 1. The molecule has 0 spiro atoms. The number of rotatable bonds is 4. The fraction of sp³-hybridized carbons (Fsp3) is 0.158. The van der Waals surface area contributed by atoms with Crippen molar-refractivity contribution in [3.8, 4) is 0 Å². The van der Waals surface area contributed by atoms with Crippen LogP contribution < -0.4 is 10.6 Å². The van der Waals surface area contributed by atoms with E-state index in [0.29, 0.717) is 10.8 Å². The van der Waals surface area contributed by atoms with Gasteiger partial charge in [-0.3, -0.25) is 4.79 Å². The van der Waals surface area contributed by atoms with Gasteiger partial charge in [-0.15, -0.1) is 11.3 Å². The number of carbonyl (C=O) groups excluding carboxylic acids is 1. The van der Waals surface area contributed by atoms with E-state index in [-0.39, 0.29) is 5.91 Å². The van der Waals surface area contributed by atoms with Crippen LogP contribution in [0.25, 0.3) is 0 Å². The van der Waals surface area contributed by atoms with Crippen LogP contribution in [0.2, 0.25) is 0 Å².